The molecule has 0 aromatic heterocycles. The normalized spacial score (nSPS) is 21.2. The average molecular weight is 506 g/mol. The van der Waals surface area contributed by atoms with Crippen LogP contribution < -0.4 is 0 Å². The van der Waals surface area contributed by atoms with Gasteiger partial charge in [0, 0.05) is 37.4 Å². The number of carbonyl (C=O) groups excluding carboxylic acids is 1. The van der Waals surface area contributed by atoms with Crippen LogP contribution in [0.4, 0.5) is 13.2 Å². The number of rotatable bonds is 4. The van der Waals surface area contributed by atoms with E-state index in [4.69, 9.17) is 39.6 Å². The second-order valence-electron chi connectivity index (χ2n) is 7.86. The molecular formula is C22H18Cl3F3N2O2. The molecule has 2 aliphatic rings. The van der Waals surface area contributed by atoms with Crippen LogP contribution in [-0.2, 0) is 15.2 Å². The Morgan fingerprint density at radius 2 is 1.75 bits per heavy atom. The molecule has 2 aromatic rings. The quantitative estimate of drug-likeness (QED) is 0.441. The van der Waals surface area contributed by atoms with E-state index in [1.165, 1.54) is 0 Å². The molecule has 1 atom stereocenters. The van der Waals surface area contributed by atoms with Crippen molar-refractivity contribution in [3.8, 4) is 0 Å². The molecule has 1 amide bonds. The number of nitrogens with zero attached hydrogens (tertiary/aromatic N) is 2. The minimum Gasteiger partial charge on any atom is -0.374 e. The molecule has 0 saturated carbocycles. The van der Waals surface area contributed by atoms with Gasteiger partial charge in [-0.2, -0.15) is 13.2 Å². The van der Waals surface area contributed by atoms with Crippen LogP contribution >= 0.6 is 34.8 Å². The van der Waals surface area contributed by atoms with E-state index in [1.807, 2.05) is 19.1 Å². The Hall–Kier alpha value is -1.96. The Morgan fingerprint density at radius 3 is 2.28 bits per heavy atom. The maximum Gasteiger partial charge on any atom is 0.435 e. The first-order chi connectivity index (χ1) is 15.1. The van der Waals surface area contributed by atoms with Gasteiger partial charge in [0.1, 0.15) is 0 Å². The largest absolute Gasteiger partial charge is 0.435 e. The zero-order valence-electron chi connectivity index (χ0n) is 16.8. The number of likely N-dealkylation sites (tertiary alicyclic amines) is 1. The lowest BCUT2D eigenvalue weighted by Crippen LogP contribution is -2.48. The Kier molecular flexibility index (Phi) is 6.11. The van der Waals surface area contributed by atoms with Gasteiger partial charge in [0.25, 0.3) is 5.60 Å². The summed E-state index contributed by atoms with van der Waals surface area (Å²) in [5.74, 6) is 0.329. The highest BCUT2D eigenvalue weighted by atomic mass is 35.5. The summed E-state index contributed by atoms with van der Waals surface area (Å²) in [7, 11) is 0. The van der Waals surface area contributed by atoms with E-state index in [9.17, 15) is 18.0 Å². The minimum absolute atomic E-state index is 0.0284. The number of carbonyl (C=O) groups is 1. The molecule has 2 aliphatic heterocycles. The molecule has 0 aliphatic carbocycles. The Morgan fingerprint density at radius 1 is 1.16 bits per heavy atom. The molecule has 0 N–H and O–H groups in total. The summed E-state index contributed by atoms with van der Waals surface area (Å²) in [5, 5.41) is 3.53. The fourth-order valence-corrected chi connectivity index (χ4v) is 4.51. The van der Waals surface area contributed by atoms with Crippen molar-refractivity contribution in [2.24, 2.45) is 5.16 Å². The van der Waals surface area contributed by atoms with Crippen molar-refractivity contribution in [3.63, 3.8) is 0 Å². The number of hydrogen-bond donors (Lipinski definition) is 0. The highest BCUT2D eigenvalue weighted by Crippen LogP contribution is 2.50. The van der Waals surface area contributed by atoms with E-state index >= 15 is 0 Å². The van der Waals surface area contributed by atoms with E-state index in [0.717, 1.165) is 17.7 Å². The first-order valence-corrected chi connectivity index (χ1v) is 11.0. The number of alkyl halides is 3. The lowest BCUT2D eigenvalue weighted by Gasteiger charge is -2.39. The average Bonchev–Trinajstić information content (AvgIpc) is 3.18. The molecule has 1 fully saturated rings. The van der Waals surface area contributed by atoms with Crippen LogP contribution in [0.1, 0.15) is 42.4 Å². The number of oxime groups is 1. The zero-order chi connectivity index (χ0) is 23.3. The maximum absolute atomic E-state index is 14.2. The van der Waals surface area contributed by atoms with E-state index in [2.05, 4.69) is 5.16 Å². The highest BCUT2D eigenvalue weighted by Gasteiger charge is 2.62. The molecule has 4 rings (SSSR count). The Labute approximate surface area is 197 Å². The summed E-state index contributed by atoms with van der Waals surface area (Å²) >= 11 is 17.8. The SMILES string of the molecule is CCC(=O)N1CC(c2ccc(C3=NOC(c4cc(Cl)c(Cl)c(Cl)c4)(C(F)(F)F)C3)cc2)C1. The fourth-order valence-electron chi connectivity index (χ4n) is 3.91. The Balaban J connectivity index is 1.55. The second kappa shape index (κ2) is 8.43. The van der Waals surface area contributed by atoms with E-state index in [-0.39, 0.29) is 38.2 Å². The van der Waals surface area contributed by atoms with Gasteiger partial charge in [-0.3, -0.25) is 4.79 Å². The third-order valence-electron chi connectivity index (χ3n) is 5.89. The molecule has 1 saturated heterocycles. The summed E-state index contributed by atoms with van der Waals surface area (Å²) in [6, 6.07) is 9.33. The summed E-state index contributed by atoms with van der Waals surface area (Å²) in [6.45, 7) is 3.11. The molecule has 170 valence electrons. The van der Waals surface area contributed by atoms with Gasteiger partial charge in [-0.1, -0.05) is 71.1 Å². The molecule has 0 spiro atoms. The summed E-state index contributed by atoms with van der Waals surface area (Å²) < 4.78 is 42.5. The van der Waals surface area contributed by atoms with Crippen LogP contribution in [0.2, 0.25) is 15.1 Å². The molecule has 2 aromatic carbocycles. The van der Waals surface area contributed by atoms with Gasteiger partial charge in [-0.05, 0) is 23.3 Å². The lowest BCUT2D eigenvalue weighted by atomic mass is 9.85. The van der Waals surface area contributed by atoms with Crippen LogP contribution in [0.5, 0.6) is 0 Å². The van der Waals surface area contributed by atoms with Gasteiger partial charge in [-0.25, -0.2) is 0 Å². The van der Waals surface area contributed by atoms with E-state index < -0.39 is 18.2 Å². The van der Waals surface area contributed by atoms with Crippen LogP contribution in [0.3, 0.4) is 0 Å². The Bertz CT molecular complexity index is 1060. The summed E-state index contributed by atoms with van der Waals surface area (Å²) in [4.78, 5) is 18.5. The number of amides is 1. The molecule has 0 radical (unpaired) electrons. The summed E-state index contributed by atoms with van der Waals surface area (Å²) in [6.07, 6.45) is -4.84. The fraction of sp³-hybridized carbons (Fsp3) is 0.364. The molecule has 10 heteroatoms. The zero-order valence-corrected chi connectivity index (χ0v) is 19.1. The van der Waals surface area contributed by atoms with Crippen molar-refractivity contribution in [1.29, 1.82) is 0 Å². The van der Waals surface area contributed by atoms with E-state index in [1.54, 1.807) is 17.0 Å². The highest BCUT2D eigenvalue weighted by molar-refractivity contribution is 6.48. The van der Waals surface area contributed by atoms with Crippen molar-refractivity contribution in [2.75, 3.05) is 13.1 Å². The second-order valence-corrected chi connectivity index (χ2v) is 9.05. The van der Waals surface area contributed by atoms with Crippen molar-refractivity contribution in [1.82, 2.24) is 4.90 Å². The van der Waals surface area contributed by atoms with Gasteiger partial charge < -0.3 is 9.74 Å². The third kappa shape index (κ3) is 3.95. The van der Waals surface area contributed by atoms with Gasteiger partial charge in [0.05, 0.1) is 20.8 Å². The predicted molar refractivity (Wildman–Crippen MR) is 117 cm³/mol. The molecule has 1 unspecified atom stereocenters. The smallest absolute Gasteiger partial charge is 0.374 e. The summed E-state index contributed by atoms with van der Waals surface area (Å²) in [5.41, 5.74) is -1.28. The van der Waals surface area contributed by atoms with Crippen LogP contribution in [-0.4, -0.2) is 35.8 Å². The minimum atomic E-state index is -4.78. The lowest BCUT2D eigenvalue weighted by molar-refractivity contribution is -0.275. The predicted octanol–water partition coefficient (Wildman–Crippen LogP) is 6.56. The van der Waals surface area contributed by atoms with Gasteiger partial charge >= 0.3 is 6.18 Å². The van der Waals surface area contributed by atoms with E-state index in [0.29, 0.717) is 25.1 Å². The third-order valence-corrected chi connectivity index (χ3v) is 7.08. The standard InChI is InChI=1S/C22H18Cl3F3N2O2/c1-2-19(31)30-10-14(11-30)12-3-5-13(6-4-12)18-9-21(32-29-18,22(26,27)28)15-7-16(23)20(25)17(24)8-15/h3-8,14H,2,9-11H2,1H3. The van der Waals surface area contributed by atoms with Crippen molar-refractivity contribution < 1.29 is 22.8 Å². The molecule has 32 heavy (non-hydrogen) atoms. The first kappa shape index (κ1) is 23.2. The van der Waals surface area contributed by atoms with Crippen molar-refractivity contribution >= 4 is 46.4 Å². The number of benzene rings is 2. The molecule has 4 nitrogen and oxygen atoms in total. The molecular weight excluding hydrogens is 488 g/mol. The van der Waals surface area contributed by atoms with Crippen LogP contribution in [0.25, 0.3) is 0 Å². The van der Waals surface area contributed by atoms with Gasteiger partial charge in [-0.15, -0.1) is 0 Å². The van der Waals surface area contributed by atoms with Crippen LogP contribution in [0.15, 0.2) is 41.6 Å². The van der Waals surface area contributed by atoms with Gasteiger partial charge in [0.15, 0.2) is 0 Å². The van der Waals surface area contributed by atoms with Gasteiger partial charge in [0.2, 0.25) is 5.91 Å². The number of hydrogen-bond acceptors (Lipinski definition) is 3. The monoisotopic (exact) mass is 504 g/mol. The van der Waals surface area contributed by atoms with Crippen molar-refractivity contribution in [2.45, 2.75) is 37.5 Å². The molecule has 0 bridgehead atoms. The van der Waals surface area contributed by atoms with Crippen LogP contribution in [0, 0.1) is 0 Å². The topological polar surface area (TPSA) is 41.9 Å². The first-order valence-electron chi connectivity index (χ1n) is 9.90. The maximum atomic E-state index is 14.2. The molecule has 2 heterocycles. The van der Waals surface area contributed by atoms with Crippen molar-refractivity contribution in [3.05, 3.63) is 68.2 Å². The number of halogens is 6.